The molecular formula is C13H10BrN3O. The van der Waals surface area contributed by atoms with Gasteiger partial charge in [0.15, 0.2) is 5.82 Å². The molecule has 0 N–H and O–H groups in total. The van der Waals surface area contributed by atoms with Crippen LogP contribution in [0.4, 0.5) is 0 Å². The van der Waals surface area contributed by atoms with Crippen LogP contribution in [0.2, 0.25) is 0 Å². The molecule has 0 aliphatic carbocycles. The first-order valence-corrected chi connectivity index (χ1v) is 6.23. The van der Waals surface area contributed by atoms with Gasteiger partial charge in [0.05, 0.1) is 18.2 Å². The van der Waals surface area contributed by atoms with Crippen molar-refractivity contribution in [2.24, 2.45) is 0 Å². The Labute approximate surface area is 112 Å². The van der Waals surface area contributed by atoms with Gasteiger partial charge < -0.3 is 4.74 Å². The Hall–Kier alpha value is -1.88. The zero-order valence-electron chi connectivity index (χ0n) is 9.67. The van der Waals surface area contributed by atoms with E-state index in [4.69, 9.17) is 4.74 Å². The van der Waals surface area contributed by atoms with Gasteiger partial charge in [-0.15, -0.1) is 0 Å². The number of methoxy groups -OCH3 is 1. The van der Waals surface area contributed by atoms with E-state index in [0.717, 1.165) is 27.3 Å². The molecule has 5 heteroatoms. The van der Waals surface area contributed by atoms with Crippen molar-refractivity contribution in [3.8, 4) is 17.1 Å². The molecule has 0 aliphatic rings. The van der Waals surface area contributed by atoms with Crippen molar-refractivity contribution in [3.63, 3.8) is 0 Å². The lowest BCUT2D eigenvalue weighted by Crippen LogP contribution is -1.95. The summed E-state index contributed by atoms with van der Waals surface area (Å²) in [6.07, 6.45) is 1.74. The van der Waals surface area contributed by atoms with Crippen LogP contribution in [0.3, 0.4) is 0 Å². The maximum atomic E-state index is 5.36. The number of rotatable bonds is 2. The molecule has 2 heterocycles. The molecule has 0 spiro atoms. The van der Waals surface area contributed by atoms with E-state index in [1.807, 2.05) is 36.4 Å². The molecule has 0 bridgehead atoms. The second-order valence-electron chi connectivity index (χ2n) is 3.75. The predicted octanol–water partition coefficient (Wildman–Crippen LogP) is 3.17. The third kappa shape index (κ3) is 1.67. The number of ether oxygens (including phenoxy) is 1. The van der Waals surface area contributed by atoms with Crippen LogP contribution in [0.25, 0.3) is 16.9 Å². The van der Waals surface area contributed by atoms with E-state index in [2.05, 4.69) is 26.0 Å². The third-order valence-corrected chi connectivity index (χ3v) is 3.30. The zero-order valence-corrected chi connectivity index (χ0v) is 11.3. The fraction of sp³-hybridized carbons (Fsp3) is 0.0769. The number of imidazole rings is 1. The van der Waals surface area contributed by atoms with E-state index in [0.29, 0.717) is 0 Å². The van der Waals surface area contributed by atoms with Gasteiger partial charge >= 0.3 is 0 Å². The van der Waals surface area contributed by atoms with Crippen LogP contribution in [0.5, 0.6) is 5.75 Å². The molecule has 3 rings (SSSR count). The minimum Gasteiger partial charge on any atom is -0.496 e. The van der Waals surface area contributed by atoms with Gasteiger partial charge in [-0.1, -0.05) is 12.1 Å². The van der Waals surface area contributed by atoms with E-state index in [9.17, 15) is 0 Å². The van der Waals surface area contributed by atoms with Gasteiger partial charge in [-0.3, -0.25) is 0 Å². The first-order valence-electron chi connectivity index (χ1n) is 5.44. The summed E-state index contributed by atoms with van der Waals surface area (Å²) in [7, 11) is 1.65. The van der Waals surface area contributed by atoms with E-state index in [1.165, 1.54) is 0 Å². The maximum Gasteiger partial charge on any atom is 0.166 e. The normalized spacial score (nSPS) is 10.8. The summed E-state index contributed by atoms with van der Waals surface area (Å²) < 4.78 is 7.93. The second-order valence-corrected chi connectivity index (χ2v) is 4.50. The fourth-order valence-corrected chi connectivity index (χ4v) is 2.37. The highest BCUT2D eigenvalue weighted by Crippen LogP contribution is 2.31. The molecule has 0 aliphatic heterocycles. The molecule has 0 atom stereocenters. The van der Waals surface area contributed by atoms with Crippen LogP contribution in [0.15, 0.2) is 47.2 Å². The standard InChI is InChI=1S/C13H10BrN3O/c1-18-11-7-3-2-5-9(11)13-16-12(14)10-6-4-8-15-17(10)13/h2-8H,1H3. The number of benzene rings is 1. The van der Waals surface area contributed by atoms with Crippen molar-refractivity contribution in [2.75, 3.05) is 7.11 Å². The van der Waals surface area contributed by atoms with Gasteiger partial charge in [0, 0.05) is 6.20 Å². The van der Waals surface area contributed by atoms with Gasteiger partial charge in [0.2, 0.25) is 0 Å². The molecular weight excluding hydrogens is 294 g/mol. The number of hydrogen-bond donors (Lipinski definition) is 0. The lowest BCUT2D eigenvalue weighted by molar-refractivity contribution is 0.416. The smallest absolute Gasteiger partial charge is 0.166 e. The van der Waals surface area contributed by atoms with Crippen molar-refractivity contribution in [1.82, 2.24) is 14.6 Å². The van der Waals surface area contributed by atoms with Crippen LogP contribution in [-0.4, -0.2) is 21.7 Å². The summed E-state index contributed by atoms with van der Waals surface area (Å²) >= 11 is 3.45. The fourth-order valence-electron chi connectivity index (χ4n) is 1.90. The predicted molar refractivity (Wildman–Crippen MR) is 72.7 cm³/mol. The van der Waals surface area contributed by atoms with Gasteiger partial charge in [0.25, 0.3) is 0 Å². The van der Waals surface area contributed by atoms with Crippen molar-refractivity contribution < 1.29 is 4.74 Å². The van der Waals surface area contributed by atoms with E-state index in [1.54, 1.807) is 17.8 Å². The summed E-state index contributed by atoms with van der Waals surface area (Å²) in [6.45, 7) is 0. The molecule has 0 radical (unpaired) electrons. The summed E-state index contributed by atoms with van der Waals surface area (Å²) in [5.41, 5.74) is 1.85. The van der Waals surface area contributed by atoms with Gasteiger partial charge in [-0.25, -0.2) is 9.50 Å². The van der Waals surface area contributed by atoms with Crippen molar-refractivity contribution in [1.29, 1.82) is 0 Å². The number of halogens is 1. The van der Waals surface area contributed by atoms with Crippen LogP contribution < -0.4 is 4.74 Å². The first kappa shape index (κ1) is 11.2. The Kier molecular flexibility index (Phi) is 2.76. The monoisotopic (exact) mass is 303 g/mol. The number of aromatic nitrogens is 3. The molecule has 4 nitrogen and oxygen atoms in total. The molecule has 18 heavy (non-hydrogen) atoms. The van der Waals surface area contributed by atoms with Gasteiger partial charge in [-0.05, 0) is 40.2 Å². The average Bonchev–Trinajstić information content (AvgIpc) is 2.77. The lowest BCUT2D eigenvalue weighted by atomic mass is 10.2. The lowest BCUT2D eigenvalue weighted by Gasteiger charge is -2.06. The number of fused-ring (bicyclic) bond motifs is 1. The molecule has 90 valence electrons. The van der Waals surface area contributed by atoms with Crippen molar-refractivity contribution >= 4 is 21.4 Å². The molecule has 0 amide bonds. The Morgan fingerprint density at radius 2 is 2.00 bits per heavy atom. The van der Waals surface area contributed by atoms with Gasteiger partial charge in [0.1, 0.15) is 10.4 Å². The summed E-state index contributed by atoms with van der Waals surface area (Å²) in [5.74, 6) is 1.54. The second kappa shape index (κ2) is 4.42. The molecule has 0 saturated heterocycles. The SMILES string of the molecule is COc1ccccc1-c1nc(Br)c2cccnn12. The Morgan fingerprint density at radius 3 is 2.83 bits per heavy atom. The summed E-state index contributed by atoms with van der Waals surface area (Å²) in [5, 5.41) is 4.32. The van der Waals surface area contributed by atoms with Gasteiger partial charge in [-0.2, -0.15) is 5.10 Å². The third-order valence-electron chi connectivity index (χ3n) is 2.71. The number of hydrogen-bond acceptors (Lipinski definition) is 3. The molecule has 0 fully saturated rings. The highest BCUT2D eigenvalue weighted by molar-refractivity contribution is 9.10. The minimum atomic E-state index is 0.759. The number of para-hydroxylation sites is 1. The van der Waals surface area contributed by atoms with E-state index >= 15 is 0 Å². The van der Waals surface area contributed by atoms with E-state index in [-0.39, 0.29) is 0 Å². The minimum absolute atomic E-state index is 0.759. The number of nitrogens with zero attached hydrogens (tertiary/aromatic N) is 3. The van der Waals surface area contributed by atoms with E-state index < -0.39 is 0 Å². The van der Waals surface area contributed by atoms with Crippen molar-refractivity contribution in [2.45, 2.75) is 0 Å². The quantitative estimate of drug-likeness (QED) is 0.730. The largest absolute Gasteiger partial charge is 0.496 e. The molecule has 1 aromatic carbocycles. The van der Waals surface area contributed by atoms with Crippen molar-refractivity contribution in [3.05, 3.63) is 47.2 Å². The average molecular weight is 304 g/mol. The molecule has 2 aromatic heterocycles. The first-order chi connectivity index (χ1) is 8.81. The zero-order chi connectivity index (χ0) is 12.5. The Bertz CT molecular complexity index is 708. The maximum absolute atomic E-state index is 5.36. The molecule has 0 unspecified atom stereocenters. The van der Waals surface area contributed by atoms with Crippen LogP contribution in [0.1, 0.15) is 0 Å². The Morgan fingerprint density at radius 1 is 1.17 bits per heavy atom. The summed E-state index contributed by atoms with van der Waals surface area (Å²) in [4.78, 5) is 4.51. The molecule has 0 saturated carbocycles. The Balaban J connectivity index is 2.32. The summed E-state index contributed by atoms with van der Waals surface area (Å²) in [6, 6.07) is 11.6. The van der Waals surface area contributed by atoms with Crippen LogP contribution in [-0.2, 0) is 0 Å². The topological polar surface area (TPSA) is 39.4 Å². The highest BCUT2D eigenvalue weighted by atomic mass is 79.9. The van der Waals surface area contributed by atoms with Crippen LogP contribution >= 0.6 is 15.9 Å². The highest BCUT2D eigenvalue weighted by Gasteiger charge is 2.14. The van der Waals surface area contributed by atoms with Crippen LogP contribution in [0, 0.1) is 0 Å². The molecule has 3 aromatic rings.